The van der Waals surface area contributed by atoms with E-state index in [1.165, 1.54) is 0 Å². The smallest absolute Gasteiger partial charge is 0.410 e. The van der Waals surface area contributed by atoms with Gasteiger partial charge in [-0.2, -0.15) is 0 Å². The van der Waals surface area contributed by atoms with Crippen LogP contribution in [0.3, 0.4) is 0 Å². The molecule has 0 bridgehead atoms. The molecule has 2 heterocycles. The minimum absolute atomic E-state index is 0.271. The Morgan fingerprint density at radius 2 is 2.15 bits per heavy atom. The van der Waals surface area contributed by atoms with E-state index in [1.54, 1.807) is 15.9 Å². The fourth-order valence-corrected chi connectivity index (χ4v) is 4.10. The van der Waals surface area contributed by atoms with Crippen LogP contribution in [-0.4, -0.2) is 68.9 Å². The third-order valence-corrected chi connectivity index (χ3v) is 5.25. The number of carbonyl (C=O) groups excluding carboxylic acids is 2. The molecule has 2 aliphatic rings. The molecule has 2 aliphatic heterocycles. The number of likely N-dealkylation sites (tertiary alicyclic amines) is 1. The van der Waals surface area contributed by atoms with Gasteiger partial charge in [-0.25, -0.2) is 22.7 Å². The highest BCUT2D eigenvalue weighted by atomic mass is 32.2. The quantitative estimate of drug-likeness (QED) is 0.777. The predicted octanol–water partition coefficient (Wildman–Crippen LogP) is 1.18. The zero-order valence-electron chi connectivity index (χ0n) is 15.2. The summed E-state index contributed by atoms with van der Waals surface area (Å²) in [7, 11) is -3.30. The lowest BCUT2D eigenvalue weighted by Crippen LogP contribution is -2.50. The van der Waals surface area contributed by atoms with Crippen molar-refractivity contribution in [3.05, 3.63) is 29.8 Å². The number of amides is 3. The van der Waals surface area contributed by atoms with E-state index < -0.39 is 10.0 Å². The molecule has 9 nitrogen and oxygen atoms in total. The van der Waals surface area contributed by atoms with Gasteiger partial charge >= 0.3 is 12.1 Å². The zero-order chi connectivity index (χ0) is 19.4. The molecule has 148 valence electrons. The Bertz CT molecular complexity index is 813. The Morgan fingerprint density at radius 1 is 1.33 bits per heavy atom. The van der Waals surface area contributed by atoms with E-state index >= 15 is 0 Å². The number of ether oxygens (including phenoxy) is 1. The number of urea groups is 1. The lowest BCUT2D eigenvalue weighted by molar-refractivity contribution is 0.157. The minimum atomic E-state index is -3.30. The average Bonchev–Trinajstić information content (AvgIpc) is 2.99. The molecule has 0 aromatic heterocycles. The number of cyclic esters (lactones) is 1. The van der Waals surface area contributed by atoms with Crippen LogP contribution < -0.4 is 10.0 Å². The molecule has 1 aromatic rings. The number of hydrogen-bond donors (Lipinski definition) is 2. The second-order valence-corrected chi connectivity index (χ2v) is 8.62. The Labute approximate surface area is 158 Å². The van der Waals surface area contributed by atoms with Crippen molar-refractivity contribution in [2.45, 2.75) is 25.4 Å². The predicted molar refractivity (Wildman–Crippen MR) is 99.8 cm³/mol. The first-order chi connectivity index (χ1) is 12.8. The molecule has 2 saturated heterocycles. The van der Waals surface area contributed by atoms with Crippen molar-refractivity contribution in [1.82, 2.24) is 14.5 Å². The van der Waals surface area contributed by atoms with Gasteiger partial charge in [0.05, 0.1) is 12.8 Å². The summed E-state index contributed by atoms with van der Waals surface area (Å²) in [6.07, 6.45) is 2.23. The molecule has 27 heavy (non-hydrogen) atoms. The summed E-state index contributed by atoms with van der Waals surface area (Å²) in [5.74, 6) is 0. The van der Waals surface area contributed by atoms with Crippen LogP contribution >= 0.6 is 0 Å². The Morgan fingerprint density at radius 3 is 2.85 bits per heavy atom. The summed E-state index contributed by atoms with van der Waals surface area (Å²) in [4.78, 5) is 27.3. The molecule has 1 atom stereocenters. The minimum Gasteiger partial charge on any atom is -0.448 e. The van der Waals surface area contributed by atoms with E-state index in [4.69, 9.17) is 4.74 Å². The number of rotatable bonds is 5. The molecule has 3 rings (SSSR count). The summed E-state index contributed by atoms with van der Waals surface area (Å²) in [5, 5.41) is 2.85. The highest BCUT2D eigenvalue weighted by Crippen LogP contribution is 2.17. The zero-order valence-corrected chi connectivity index (χ0v) is 16.0. The van der Waals surface area contributed by atoms with Crippen molar-refractivity contribution in [1.29, 1.82) is 0 Å². The van der Waals surface area contributed by atoms with Crippen molar-refractivity contribution in [3.63, 3.8) is 0 Å². The van der Waals surface area contributed by atoms with Crippen LogP contribution in [0.15, 0.2) is 24.3 Å². The van der Waals surface area contributed by atoms with Crippen LogP contribution in [0.2, 0.25) is 0 Å². The van der Waals surface area contributed by atoms with Crippen LogP contribution in [0, 0.1) is 0 Å². The molecule has 0 radical (unpaired) electrons. The SMILES string of the molecule is CS(=O)(=O)N[C@@H]1CCCN(C(=O)Nc2cccc(CN3CCOC3=O)c2)C1. The van der Waals surface area contributed by atoms with Crippen molar-refractivity contribution < 1.29 is 22.7 Å². The van der Waals surface area contributed by atoms with Gasteiger partial charge in [0.15, 0.2) is 0 Å². The molecule has 0 aliphatic carbocycles. The standard InChI is InChI=1S/C17H24N4O5S/c1-27(24,25)19-15-6-3-7-20(12-15)16(22)18-14-5-2-4-13(10-14)11-21-8-9-26-17(21)23/h2,4-5,10,15,19H,3,6-9,11-12H2,1H3,(H,18,22)/t15-/m1/s1. The molecule has 2 N–H and O–H groups in total. The summed E-state index contributed by atoms with van der Waals surface area (Å²) in [5.41, 5.74) is 1.52. The lowest BCUT2D eigenvalue weighted by Gasteiger charge is -2.32. The maximum atomic E-state index is 12.5. The first-order valence-electron chi connectivity index (χ1n) is 8.84. The highest BCUT2D eigenvalue weighted by molar-refractivity contribution is 7.88. The fraction of sp³-hybridized carbons (Fsp3) is 0.529. The number of anilines is 1. The van der Waals surface area contributed by atoms with Gasteiger partial charge in [-0.15, -0.1) is 0 Å². The van der Waals surface area contributed by atoms with E-state index in [1.807, 2.05) is 18.2 Å². The average molecular weight is 396 g/mol. The summed E-state index contributed by atoms with van der Waals surface area (Å²) in [6, 6.07) is 6.75. The number of benzene rings is 1. The maximum Gasteiger partial charge on any atom is 0.410 e. The van der Waals surface area contributed by atoms with Crippen LogP contribution in [0.25, 0.3) is 0 Å². The number of nitrogens with zero attached hydrogens (tertiary/aromatic N) is 2. The van der Waals surface area contributed by atoms with Crippen molar-refractivity contribution >= 4 is 27.8 Å². The first kappa shape index (κ1) is 19.4. The van der Waals surface area contributed by atoms with Crippen molar-refractivity contribution in [3.8, 4) is 0 Å². The lowest BCUT2D eigenvalue weighted by atomic mass is 10.1. The van der Waals surface area contributed by atoms with Gasteiger partial charge in [0.2, 0.25) is 10.0 Å². The monoisotopic (exact) mass is 396 g/mol. The Kier molecular flexibility index (Phi) is 5.85. The topological polar surface area (TPSA) is 108 Å². The van der Waals surface area contributed by atoms with Gasteiger partial charge in [-0.3, -0.25) is 0 Å². The van der Waals surface area contributed by atoms with E-state index in [0.29, 0.717) is 44.9 Å². The van der Waals surface area contributed by atoms with E-state index in [2.05, 4.69) is 10.0 Å². The Hall–Kier alpha value is -2.33. The number of piperidine rings is 1. The molecule has 1 aromatic carbocycles. The summed E-state index contributed by atoms with van der Waals surface area (Å²) in [6.45, 7) is 2.28. The van der Waals surface area contributed by atoms with Gasteiger partial charge in [-0.05, 0) is 30.5 Å². The Balaban J connectivity index is 1.58. The second-order valence-electron chi connectivity index (χ2n) is 6.84. The van der Waals surface area contributed by atoms with Crippen molar-refractivity contribution in [2.75, 3.05) is 37.8 Å². The van der Waals surface area contributed by atoms with Crippen LogP contribution in [-0.2, 0) is 21.3 Å². The molecular weight excluding hydrogens is 372 g/mol. The molecule has 0 saturated carbocycles. The largest absolute Gasteiger partial charge is 0.448 e. The van der Waals surface area contributed by atoms with E-state index in [-0.39, 0.29) is 18.2 Å². The maximum absolute atomic E-state index is 12.5. The third-order valence-electron chi connectivity index (χ3n) is 4.49. The number of hydrogen-bond acceptors (Lipinski definition) is 5. The molecule has 0 unspecified atom stereocenters. The number of carbonyl (C=O) groups is 2. The normalized spacial score (nSPS) is 20.5. The molecule has 0 spiro atoms. The third kappa shape index (κ3) is 5.57. The van der Waals surface area contributed by atoms with E-state index in [9.17, 15) is 18.0 Å². The highest BCUT2D eigenvalue weighted by Gasteiger charge is 2.26. The summed E-state index contributed by atoms with van der Waals surface area (Å²) >= 11 is 0. The van der Waals surface area contributed by atoms with Gasteiger partial charge in [0.1, 0.15) is 6.61 Å². The molecular formula is C17H24N4O5S. The van der Waals surface area contributed by atoms with Gasteiger partial charge < -0.3 is 19.9 Å². The van der Waals surface area contributed by atoms with Gasteiger partial charge in [-0.1, -0.05) is 12.1 Å². The van der Waals surface area contributed by atoms with Crippen LogP contribution in [0.4, 0.5) is 15.3 Å². The fourth-order valence-electron chi connectivity index (χ4n) is 3.30. The molecule has 2 fully saturated rings. The summed E-state index contributed by atoms with van der Waals surface area (Å²) < 4.78 is 30.3. The first-order valence-corrected chi connectivity index (χ1v) is 10.7. The van der Waals surface area contributed by atoms with Crippen LogP contribution in [0.1, 0.15) is 18.4 Å². The van der Waals surface area contributed by atoms with Crippen molar-refractivity contribution in [2.24, 2.45) is 0 Å². The molecule has 10 heteroatoms. The van der Waals surface area contributed by atoms with Gasteiger partial charge in [0.25, 0.3) is 0 Å². The van der Waals surface area contributed by atoms with E-state index in [0.717, 1.165) is 18.2 Å². The van der Waals surface area contributed by atoms with Gasteiger partial charge in [0, 0.05) is 31.4 Å². The molecule has 3 amide bonds. The number of sulfonamides is 1. The second kappa shape index (κ2) is 8.13. The number of nitrogens with one attached hydrogen (secondary N) is 2. The van der Waals surface area contributed by atoms with Crippen LogP contribution in [0.5, 0.6) is 0 Å².